The van der Waals surface area contributed by atoms with E-state index in [0.717, 1.165) is 0 Å². The Bertz CT molecular complexity index is 1840. The maximum atomic E-state index is 13.9. The maximum absolute atomic E-state index is 13.9. The Balaban J connectivity index is 1.63. The van der Waals surface area contributed by atoms with Crippen LogP contribution in [-0.2, 0) is 9.53 Å². The van der Waals surface area contributed by atoms with Gasteiger partial charge in [0.25, 0.3) is 5.56 Å². The maximum Gasteiger partial charge on any atom is 0.338 e. The van der Waals surface area contributed by atoms with Gasteiger partial charge in [0.05, 0.1) is 48.2 Å². The minimum absolute atomic E-state index is 0.161. The quantitative estimate of drug-likeness (QED) is 0.315. The van der Waals surface area contributed by atoms with E-state index < -0.39 is 18.0 Å². The Morgan fingerprint density at radius 3 is 2.37 bits per heavy atom. The molecule has 1 aliphatic heterocycles. The summed E-state index contributed by atoms with van der Waals surface area (Å²) in [5, 5.41) is 9.14. The number of nitrogens with zero attached hydrogens (tertiary/aromatic N) is 2. The van der Waals surface area contributed by atoms with Crippen LogP contribution in [0.1, 0.15) is 41.6 Å². The van der Waals surface area contributed by atoms with Gasteiger partial charge in [-0.1, -0.05) is 23.5 Å². The minimum Gasteiger partial charge on any atom is -0.497 e. The number of esters is 1. The molecule has 210 valence electrons. The summed E-state index contributed by atoms with van der Waals surface area (Å²) in [6.07, 6.45) is 1.62. The number of carboxylic acid groups (broad SMARTS) is 1. The van der Waals surface area contributed by atoms with Gasteiger partial charge in [0.1, 0.15) is 23.0 Å². The van der Waals surface area contributed by atoms with Crippen molar-refractivity contribution in [3.8, 4) is 22.8 Å². The van der Waals surface area contributed by atoms with E-state index in [0.29, 0.717) is 49.2 Å². The summed E-state index contributed by atoms with van der Waals surface area (Å²) in [4.78, 5) is 43.2. The Hall–Kier alpha value is -4.90. The second kappa shape index (κ2) is 11.3. The lowest BCUT2D eigenvalue weighted by Gasteiger charge is -2.25. The number of methoxy groups -OCH3 is 2. The molecular weight excluding hydrogens is 548 g/mol. The molecule has 41 heavy (non-hydrogen) atoms. The molecule has 2 aromatic heterocycles. The first-order valence-electron chi connectivity index (χ1n) is 12.6. The molecule has 0 amide bonds. The molecule has 1 aliphatic rings. The van der Waals surface area contributed by atoms with Gasteiger partial charge >= 0.3 is 11.9 Å². The Labute approximate surface area is 238 Å². The Morgan fingerprint density at radius 1 is 1.07 bits per heavy atom. The van der Waals surface area contributed by atoms with Crippen molar-refractivity contribution >= 4 is 29.4 Å². The number of ether oxygens (including phenoxy) is 3. The number of rotatable bonds is 8. The lowest BCUT2D eigenvalue weighted by molar-refractivity contribution is -0.139. The molecule has 1 atom stereocenters. The minimum atomic E-state index is -1.01. The zero-order valence-corrected chi connectivity index (χ0v) is 23.5. The van der Waals surface area contributed by atoms with Crippen molar-refractivity contribution in [2.75, 3.05) is 20.8 Å². The van der Waals surface area contributed by atoms with Crippen molar-refractivity contribution in [1.82, 2.24) is 4.57 Å². The number of thiazole rings is 1. The van der Waals surface area contributed by atoms with Crippen LogP contribution in [0.5, 0.6) is 11.5 Å². The van der Waals surface area contributed by atoms with Crippen LogP contribution in [0.25, 0.3) is 17.4 Å². The van der Waals surface area contributed by atoms with Crippen molar-refractivity contribution in [3.63, 3.8) is 0 Å². The molecule has 0 radical (unpaired) electrons. The zero-order valence-electron chi connectivity index (χ0n) is 22.7. The van der Waals surface area contributed by atoms with Crippen molar-refractivity contribution < 1.29 is 33.3 Å². The highest BCUT2D eigenvalue weighted by molar-refractivity contribution is 7.07. The van der Waals surface area contributed by atoms with E-state index >= 15 is 0 Å². The number of aromatic nitrogens is 1. The summed E-state index contributed by atoms with van der Waals surface area (Å²) in [5.41, 5.74) is 1.77. The molecule has 3 heterocycles. The van der Waals surface area contributed by atoms with Crippen LogP contribution in [0, 0.1) is 0 Å². The summed E-state index contributed by atoms with van der Waals surface area (Å²) >= 11 is 1.17. The second-order valence-electron chi connectivity index (χ2n) is 9.03. The fourth-order valence-electron chi connectivity index (χ4n) is 4.59. The third-order valence-corrected chi connectivity index (χ3v) is 7.51. The van der Waals surface area contributed by atoms with Crippen LogP contribution in [0.3, 0.4) is 0 Å². The largest absolute Gasteiger partial charge is 0.497 e. The van der Waals surface area contributed by atoms with Gasteiger partial charge in [-0.3, -0.25) is 9.36 Å². The molecule has 0 spiro atoms. The monoisotopic (exact) mass is 574 g/mol. The molecule has 5 rings (SSSR count). The molecule has 0 saturated carbocycles. The van der Waals surface area contributed by atoms with Crippen LogP contribution in [0.4, 0.5) is 0 Å². The summed E-state index contributed by atoms with van der Waals surface area (Å²) in [5.74, 6) is 0.354. The number of aromatic carboxylic acids is 1. The van der Waals surface area contributed by atoms with Crippen molar-refractivity contribution in [1.29, 1.82) is 0 Å². The van der Waals surface area contributed by atoms with Gasteiger partial charge in [-0.05, 0) is 55.8 Å². The lowest BCUT2D eigenvalue weighted by Crippen LogP contribution is -2.40. The van der Waals surface area contributed by atoms with E-state index in [1.807, 2.05) is 0 Å². The standard InChI is InChI=1S/C30H26N2O8S/c1-5-39-29(36)25-16(2)31-30-32(26(25)19-12-21(37-3)14-22(13-19)38-4)27(33)24(41-30)15-20-10-11-23(40-20)17-6-8-18(9-7-17)28(34)35/h6-15,26H,5H2,1-4H3,(H,34,35). The van der Waals surface area contributed by atoms with E-state index in [4.69, 9.17) is 23.7 Å². The van der Waals surface area contributed by atoms with Crippen LogP contribution in [-0.4, -0.2) is 42.4 Å². The van der Waals surface area contributed by atoms with Crippen molar-refractivity contribution in [2.45, 2.75) is 19.9 Å². The molecule has 0 fully saturated rings. The number of carbonyl (C=O) groups is 2. The van der Waals surface area contributed by atoms with Crippen LogP contribution >= 0.6 is 11.3 Å². The molecule has 11 heteroatoms. The molecule has 10 nitrogen and oxygen atoms in total. The average molecular weight is 575 g/mol. The first-order chi connectivity index (χ1) is 19.7. The van der Waals surface area contributed by atoms with Crippen molar-refractivity contribution in [3.05, 3.63) is 102 Å². The topological polar surface area (TPSA) is 130 Å². The first kappa shape index (κ1) is 27.7. The van der Waals surface area contributed by atoms with E-state index in [2.05, 4.69) is 4.99 Å². The highest BCUT2D eigenvalue weighted by atomic mass is 32.1. The third kappa shape index (κ3) is 5.31. The predicted octanol–water partition coefficient (Wildman–Crippen LogP) is 3.77. The number of hydrogen-bond acceptors (Lipinski definition) is 9. The molecule has 0 bridgehead atoms. The molecular formula is C30H26N2O8S. The van der Waals surface area contributed by atoms with Gasteiger partial charge < -0.3 is 23.7 Å². The third-order valence-electron chi connectivity index (χ3n) is 6.52. The summed E-state index contributed by atoms with van der Waals surface area (Å²) in [6.45, 7) is 3.58. The molecule has 2 aromatic carbocycles. The summed E-state index contributed by atoms with van der Waals surface area (Å²) in [7, 11) is 3.05. The molecule has 1 N–H and O–H groups in total. The number of furan rings is 1. The van der Waals surface area contributed by atoms with E-state index in [-0.39, 0.29) is 23.3 Å². The average Bonchev–Trinajstić information content (AvgIpc) is 3.56. The number of allylic oxidation sites excluding steroid dienone is 1. The van der Waals surface area contributed by atoms with E-state index in [1.165, 1.54) is 42.3 Å². The number of benzene rings is 2. The van der Waals surface area contributed by atoms with Gasteiger partial charge in [0, 0.05) is 17.7 Å². The van der Waals surface area contributed by atoms with Crippen LogP contribution in [0.15, 0.2) is 80.1 Å². The highest BCUT2D eigenvalue weighted by Crippen LogP contribution is 2.35. The van der Waals surface area contributed by atoms with Crippen molar-refractivity contribution in [2.24, 2.45) is 4.99 Å². The van der Waals surface area contributed by atoms with Gasteiger partial charge in [-0.15, -0.1) is 0 Å². The second-order valence-corrected chi connectivity index (χ2v) is 10.0. The Morgan fingerprint density at radius 2 is 1.76 bits per heavy atom. The molecule has 1 unspecified atom stereocenters. The van der Waals surface area contributed by atoms with E-state index in [1.54, 1.807) is 62.4 Å². The fraction of sp³-hybridized carbons (Fsp3) is 0.200. The first-order valence-corrected chi connectivity index (χ1v) is 13.4. The normalized spacial score (nSPS) is 14.8. The summed E-state index contributed by atoms with van der Waals surface area (Å²) in [6, 6.07) is 14.1. The van der Waals surface area contributed by atoms with Gasteiger partial charge in [-0.2, -0.15) is 0 Å². The smallest absolute Gasteiger partial charge is 0.338 e. The molecule has 0 aliphatic carbocycles. The van der Waals surface area contributed by atoms with Gasteiger partial charge in [0.15, 0.2) is 4.80 Å². The fourth-order valence-corrected chi connectivity index (χ4v) is 5.61. The Kier molecular flexibility index (Phi) is 7.62. The zero-order chi connectivity index (χ0) is 29.3. The lowest BCUT2D eigenvalue weighted by atomic mass is 9.95. The van der Waals surface area contributed by atoms with Crippen LogP contribution in [0.2, 0.25) is 0 Å². The van der Waals surface area contributed by atoms with Crippen LogP contribution < -0.4 is 24.4 Å². The number of hydrogen-bond donors (Lipinski definition) is 1. The molecule has 4 aromatic rings. The summed E-state index contributed by atoms with van der Waals surface area (Å²) < 4.78 is 24.0. The molecule has 0 saturated heterocycles. The van der Waals surface area contributed by atoms with Gasteiger partial charge in [0.2, 0.25) is 0 Å². The number of carboxylic acids is 1. The SMILES string of the molecule is CCOC(=O)C1=C(C)N=c2sc(=Cc3ccc(-c4ccc(C(=O)O)cc4)o3)c(=O)n2C1c1cc(OC)cc(OC)c1. The van der Waals surface area contributed by atoms with Gasteiger partial charge in [-0.25, -0.2) is 14.6 Å². The highest BCUT2D eigenvalue weighted by Gasteiger charge is 2.34. The predicted molar refractivity (Wildman–Crippen MR) is 151 cm³/mol. The number of carbonyl (C=O) groups excluding carboxylic acids is 1. The van der Waals surface area contributed by atoms with E-state index in [9.17, 15) is 14.4 Å². The number of fused-ring (bicyclic) bond motifs is 1.